The Hall–Kier alpha value is -3.13. The molecule has 1 heterocycles. The lowest BCUT2D eigenvalue weighted by molar-refractivity contribution is -0.113. The van der Waals surface area contributed by atoms with Crippen molar-refractivity contribution in [2.45, 2.75) is 11.8 Å². The average molecular weight is 494 g/mol. The fourth-order valence-corrected chi connectivity index (χ4v) is 4.80. The van der Waals surface area contributed by atoms with E-state index in [0.717, 1.165) is 21.7 Å². The summed E-state index contributed by atoms with van der Waals surface area (Å²) >= 11 is 8.96. The molecule has 0 saturated heterocycles. The van der Waals surface area contributed by atoms with Gasteiger partial charge in [-0.25, -0.2) is 4.98 Å². The molecule has 166 valence electrons. The summed E-state index contributed by atoms with van der Waals surface area (Å²) in [5, 5.41) is 8.74. The molecule has 0 aliphatic heterocycles. The number of nitrogens with zero attached hydrogens (tertiary/aromatic N) is 1. The van der Waals surface area contributed by atoms with Crippen LogP contribution in [0.4, 0.5) is 10.8 Å². The normalized spacial score (nSPS) is 10.6. The molecule has 0 radical (unpaired) electrons. The molecule has 2 amide bonds. The van der Waals surface area contributed by atoms with Crippen molar-refractivity contribution in [3.05, 3.63) is 94.3 Å². The van der Waals surface area contributed by atoms with Crippen LogP contribution in [0.3, 0.4) is 0 Å². The molecule has 0 bridgehead atoms. The maximum absolute atomic E-state index is 12.5. The monoisotopic (exact) mass is 493 g/mol. The van der Waals surface area contributed by atoms with E-state index in [0.29, 0.717) is 21.4 Å². The van der Waals surface area contributed by atoms with Gasteiger partial charge in [0.1, 0.15) is 0 Å². The van der Waals surface area contributed by atoms with Crippen molar-refractivity contribution < 1.29 is 9.59 Å². The van der Waals surface area contributed by atoms with Crippen LogP contribution in [-0.4, -0.2) is 22.6 Å². The number of nitrogens with one attached hydrogen (secondary N) is 2. The van der Waals surface area contributed by atoms with Crippen LogP contribution in [0.1, 0.15) is 15.9 Å². The molecule has 33 heavy (non-hydrogen) atoms. The lowest BCUT2D eigenvalue weighted by Gasteiger charge is -2.08. The second kappa shape index (κ2) is 10.7. The van der Waals surface area contributed by atoms with Crippen molar-refractivity contribution in [3.63, 3.8) is 0 Å². The number of hydrogen-bond donors (Lipinski definition) is 2. The number of hydrogen-bond acceptors (Lipinski definition) is 5. The number of aromatic nitrogens is 1. The van der Waals surface area contributed by atoms with Crippen LogP contribution in [0.25, 0.3) is 11.3 Å². The Morgan fingerprint density at radius 3 is 2.64 bits per heavy atom. The molecule has 0 atom stereocenters. The minimum Gasteiger partial charge on any atom is -0.322 e. The Morgan fingerprint density at radius 1 is 1.00 bits per heavy atom. The highest BCUT2D eigenvalue weighted by Crippen LogP contribution is 2.30. The fraction of sp³-hybridized carbons (Fsp3) is 0.0800. The Morgan fingerprint density at radius 2 is 1.82 bits per heavy atom. The molecule has 4 rings (SSSR count). The highest BCUT2D eigenvalue weighted by atomic mass is 35.5. The van der Waals surface area contributed by atoms with Crippen LogP contribution in [0.2, 0.25) is 5.02 Å². The molecule has 0 saturated carbocycles. The number of anilines is 2. The first-order chi connectivity index (χ1) is 16.0. The van der Waals surface area contributed by atoms with Crippen LogP contribution in [0, 0.1) is 6.92 Å². The van der Waals surface area contributed by atoms with Gasteiger partial charge in [0.25, 0.3) is 5.91 Å². The van der Waals surface area contributed by atoms with Gasteiger partial charge in [-0.15, -0.1) is 23.1 Å². The van der Waals surface area contributed by atoms with Crippen molar-refractivity contribution >= 4 is 57.3 Å². The van der Waals surface area contributed by atoms with Crippen LogP contribution < -0.4 is 10.6 Å². The summed E-state index contributed by atoms with van der Waals surface area (Å²) in [6, 6.07) is 22.3. The number of thioether (sulfide) groups is 1. The maximum atomic E-state index is 12.5. The predicted octanol–water partition coefficient (Wildman–Crippen LogP) is 6.76. The van der Waals surface area contributed by atoms with E-state index in [1.165, 1.54) is 23.1 Å². The van der Waals surface area contributed by atoms with E-state index >= 15 is 0 Å². The largest absolute Gasteiger partial charge is 0.322 e. The summed E-state index contributed by atoms with van der Waals surface area (Å²) in [5.41, 5.74) is 3.86. The van der Waals surface area contributed by atoms with Gasteiger partial charge in [-0.1, -0.05) is 53.6 Å². The second-order valence-electron chi connectivity index (χ2n) is 7.21. The molecule has 1 aromatic heterocycles. The molecule has 0 spiro atoms. The quantitative estimate of drug-likeness (QED) is 0.279. The standard InChI is InChI=1S/C25H20ClN3O2S2/c1-16-6-4-7-17(12-16)24(31)27-18-8-5-9-19(13-18)32-15-23(30)29-25-28-22(14-33-25)20-10-2-3-11-21(20)26/h2-14H,15H2,1H3,(H,27,31)(H,28,29,30). The van der Waals surface area contributed by atoms with E-state index in [9.17, 15) is 9.59 Å². The average Bonchev–Trinajstić information content (AvgIpc) is 3.26. The summed E-state index contributed by atoms with van der Waals surface area (Å²) in [4.78, 5) is 30.2. The highest BCUT2D eigenvalue weighted by molar-refractivity contribution is 8.00. The maximum Gasteiger partial charge on any atom is 0.255 e. The van der Waals surface area contributed by atoms with Crippen molar-refractivity contribution in [2.24, 2.45) is 0 Å². The van der Waals surface area contributed by atoms with Gasteiger partial charge in [0.15, 0.2) is 5.13 Å². The van der Waals surface area contributed by atoms with Crippen molar-refractivity contribution in [1.82, 2.24) is 4.98 Å². The van der Waals surface area contributed by atoms with Gasteiger partial charge < -0.3 is 10.6 Å². The van der Waals surface area contributed by atoms with Crippen molar-refractivity contribution in [1.29, 1.82) is 0 Å². The first kappa shape index (κ1) is 23.0. The topological polar surface area (TPSA) is 71.1 Å². The molecule has 2 N–H and O–H groups in total. The molecule has 0 unspecified atom stereocenters. The van der Waals surface area contributed by atoms with Crippen molar-refractivity contribution in [3.8, 4) is 11.3 Å². The van der Waals surface area contributed by atoms with E-state index in [-0.39, 0.29) is 17.6 Å². The minimum atomic E-state index is -0.170. The van der Waals surface area contributed by atoms with Gasteiger partial charge in [-0.3, -0.25) is 9.59 Å². The zero-order valence-corrected chi connectivity index (χ0v) is 20.1. The first-order valence-corrected chi connectivity index (χ1v) is 12.3. The SMILES string of the molecule is Cc1cccc(C(=O)Nc2cccc(SCC(=O)Nc3nc(-c4ccccc4Cl)cs3)c2)c1. The van der Waals surface area contributed by atoms with Gasteiger partial charge in [0.2, 0.25) is 5.91 Å². The van der Waals surface area contributed by atoms with Crippen molar-refractivity contribution in [2.75, 3.05) is 16.4 Å². The van der Waals surface area contributed by atoms with E-state index in [4.69, 9.17) is 11.6 Å². The number of benzene rings is 3. The Labute approximate surface area is 205 Å². The molecule has 8 heteroatoms. The van der Waals surface area contributed by atoms with Gasteiger partial charge in [0, 0.05) is 32.1 Å². The summed E-state index contributed by atoms with van der Waals surface area (Å²) in [7, 11) is 0. The van der Waals surface area contributed by atoms with Crippen LogP contribution >= 0.6 is 34.7 Å². The lowest BCUT2D eigenvalue weighted by Crippen LogP contribution is -2.14. The molecule has 0 fully saturated rings. The summed E-state index contributed by atoms with van der Waals surface area (Å²) in [6.45, 7) is 1.95. The van der Waals surface area contributed by atoms with Gasteiger partial charge in [0.05, 0.1) is 11.4 Å². The Kier molecular flexibility index (Phi) is 7.44. The zero-order valence-electron chi connectivity index (χ0n) is 17.7. The second-order valence-corrected chi connectivity index (χ2v) is 9.52. The Balaban J connectivity index is 1.33. The number of carbonyl (C=O) groups is 2. The van der Waals surface area contributed by atoms with E-state index in [1.807, 2.05) is 79.0 Å². The lowest BCUT2D eigenvalue weighted by atomic mass is 10.1. The third-order valence-corrected chi connectivity index (χ3v) is 6.72. The number of thiazole rings is 1. The summed E-state index contributed by atoms with van der Waals surface area (Å²) in [6.07, 6.45) is 0. The zero-order chi connectivity index (χ0) is 23.2. The molecule has 3 aromatic carbocycles. The molecule has 4 aromatic rings. The van der Waals surface area contributed by atoms with E-state index in [2.05, 4.69) is 15.6 Å². The molecular formula is C25H20ClN3O2S2. The smallest absolute Gasteiger partial charge is 0.255 e. The predicted molar refractivity (Wildman–Crippen MR) is 137 cm³/mol. The van der Waals surface area contributed by atoms with E-state index in [1.54, 1.807) is 6.07 Å². The van der Waals surface area contributed by atoms with Crippen LogP contribution in [-0.2, 0) is 4.79 Å². The highest BCUT2D eigenvalue weighted by Gasteiger charge is 2.11. The number of halogens is 1. The van der Waals surface area contributed by atoms with Crippen LogP contribution in [0.15, 0.2) is 83.1 Å². The Bertz CT molecular complexity index is 1310. The minimum absolute atomic E-state index is 0.158. The number of aryl methyl sites for hydroxylation is 1. The van der Waals surface area contributed by atoms with Crippen LogP contribution in [0.5, 0.6) is 0 Å². The number of rotatable bonds is 7. The number of carbonyl (C=O) groups excluding carboxylic acids is 2. The first-order valence-electron chi connectivity index (χ1n) is 10.1. The van der Waals surface area contributed by atoms with Gasteiger partial charge >= 0.3 is 0 Å². The third-order valence-electron chi connectivity index (χ3n) is 4.64. The summed E-state index contributed by atoms with van der Waals surface area (Å²) < 4.78 is 0. The summed E-state index contributed by atoms with van der Waals surface area (Å²) in [5.74, 6) is -0.109. The van der Waals surface area contributed by atoms with Gasteiger partial charge in [-0.05, 0) is 43.3 Å². The molecule has 0 aliphatic carbocycles. The van der Waals surface area contributed by atoms with E-state index < -0.39 is 0 Å². The molecule has 5 nitrogen and oxygen atoms in total. The fourth-order valence-electron chi connectivity index (χ4n) is 3.08. The van der Waals surface area contributed by atoms with Gasteiger partial charge in [-0.2, -0.15) is 0 Å². The third kappa shape index (κ3) is 6.22. The molecule has 0 aliphatic rings. The number of amides is 2. The molecular weight excluding hydrogens is 474 g/mol.